The Morgan fingerprint density at radius 1 is 1.07 bits per heavy atom. The third kappa shape index (κ3) is 6.80. The van der Waals surface area contributed by atoms with Gasteiger partial charge in [-0.2, -0.15) is 0 Å². The van der Waals surface area contributed by atoms with Crippen LogP contribution in [0.25, 0.3) is 0 Å². The van der Waals surface area contributed by atoms with Gasteiger partial charge in [0.25, 0.3) is 5.91 Å². The van der Waals surface area contributed by atoms with Crippen LogP contribution in [-0.4, -0.2) is 35.2 Å². The second kappa shape index (κ2) is 12.4. The van der Waals surface area contributed by atoms with E-state index in [-0.39, 0.29) is 34.1 Å². The summed E-state index contributed by atoms with van der Waals surface area (Å²) in [5.74, 6) is -1.33. The first-order valence-electron chi connectivity index (χ1n) is 12.3. The Morgan fingerprint density at radius 2 is 1.77 bits per heavy atom. The van der Waals surface area contributed by atoms with Crippen LogP contribution in [0.4, 0.5) is 21.0 Å². The summed E-state index contributed by atoms with van der Waals surface area (Å²) in [6.45, 7) is 3.78. The smallest absolute Gasteiger partial charge is 0.258 e. The number of nitrogen functional groups attached to an aromatic ring is 1. The molecule has 0 aliphatic heterocycles. The number of carbonyl (C=O) groups excluding carboxylic acids is 3. The molecule has 40 heavy (non-hydrogen) atoms. The zero-order valence-electron chi connectivity index (χ0n) is 21.9. The number of rotatable bonds is 11. The Labute approximate surface area is 234 Å². The number of thiazole rings is 1. The molecule has 0 aliphatic carbocycles. The molecule has 3 aromatic carbocycles. The molecule has 4 aromatic rings. The van der Waals surface area contributed by atoms with Gasteiger partial charge >= 0.3 is 0 Å². The van der Waals surface area contributed by atoms with E-state index in [0.29, 0.717) is 23.5 Å². The topological polar surface area (TPSA) is 141 Å². The van der Waals surface area contributed by atoms with E-state index in [2.05, 4.69) is 10.3 Å². The highest BCUT2D eigenvalue weighted by Gasteiger charge is 2.27. The third-order valence-electron chi connectivity index (χ3n) is 6.02. The number of nitrogens with two attached hydrogens (primary N) is 2. The second-order valence-electron chi connectivity index (χ2n) is 9.04. The molecule has 0 spiro atoms. The Morgan fingerprint density at radius 3 is 2.42 bits per heavy atom. The highest BCUT2D eigenvalue weighted by molar-refractivity contribution is 7.18. The maximum atomic E-state index is 13.5. The van der Waals surface area contributed by atoms with Gasteiger partial charge < -0.3 is 26.4 Å². The first kappa shape index (κ1) is 28.2. The predicted molar refractivity (Wildman–Crippen MR) is 152 cm³/mol. The van der Waals surface area contributed by atoms with Crippen LogP contribution in [0.15, 0.2) is 72.8 Å². The number of halogens is 1. The monoisotopic (exact) mass is 561 g/mol. The van der Waals surface area contributed by atoms with Crippen LogP contribution in [0.1, 0.15) is 33.3 Å². The lowest BCUT2D eigenvalue weighted by Gasteiger charge is -2.26. The lowest BCUT2D eigenvalue weighted by atomic mass is 10.1. The van der Waals surface area contributed by atoms with Crippen LogP contribution in [0.5, 0.6) is 5.75 Å². The first-order valence-corrected chi connectivity index (χ1v) is 13.1. The van der Waals surface area contributed by atoms with E-state index in [1.807, 2.05) is 31.2 Å². The highest BCUT2D eigenvalue weighted by atomic mass is 32.1. The molecule has 5 N–H and O–H groups in total. The summed E-state index contributed by atoms with van der Waals surface area (Å²) in [5.41, 5.74) is 14.5. The van der Waals surface area contributed by atoms with Gasteiger partial charge in [0.05, 0.1) is 0 Å². The molecule has 2 amide bonds. The largest absolute Gasteiger partial charge is 0.484 e. The third-order valence-corrected chi connectivity index (χ3v) is 7.09. The van der Waals surface area contributed by atoms with E-state index in [0.717, 1.165) is 22.5 Å². The van der Waals surface area contributed by atoms with Crippen molar-refractivity contribution in [2.45, 2.75) is 26.4 Å². The van der Waals surface area contributed by atoms with Gasteiger partial charge in [0.1, 0.15) is 28.3 Å². The molecule has 9 nitrogen and oxygen atoms in total. The number of nitrogens with zero attached hydrogens (tertiary/aromatic N) is 2. The molecule has 4 rings (SSSR count). The molecule has 0 saturated heterocycles. The number of amides is 2. The van der Waals surface area contributed by atoms with E-state index < -0.39 is 17.8 Å². The molecular formula is C29H28FN5O4S. The Hall–Kier alpha value is -4.77. The number of nitrogens with one attached hydrogen (secondary N) is 1. The van der Waals surface area contributed by atoms with Gasteiger partial charge in [-0.05, 0) is 67.9 Å². The molecule has 1 unspecified atom stereocenters. The Kier molecular flexibility index (Phi) is 8.75. The SMILES string of the molecule is Cc1cccc(CNC(=O)COc2ccc(C(=O)c3sc(N(c4ccc(F)cc4)C(C)C(N)=O)nc3N)cc2)c1. The van der Waals surface area contributed by atoms with Crippen molar-refractivity contribution in [3.8, 4) is 5.75 Å². The molecule has 11 heteroatoms. The summed E-state index contributed by atoms with van der Waals surface area (Å²) in [6.07, 6.45) is 0. The summed E-state index contributed by atoms with van der Waals surface area (Å²) < 4.78 is 19.0. The minimum atomic E-state index is -0.843. The maximum Gasteiger partial charge on any atom is 0.258 e. The van der Waals surface area contributed by atoms with Crippen molar-refractivity contribution in [2.75, 3.05) is 17.2 Å². The minimum absolute atomic E-state index is 0.0145. The van der Waals surface area contributed by atoms with E-state index in [4.69, 9.17) is 16.2 Å². The van der Waals surface area contributed by atoms with E-state index in [1.165, 1.54) is 29.2 Å². The van der Waals surface area contributed by atoms with Crippen LogP contribution in [0, 0.1) is 12.7 Å². The molecule has 1 heterocycles. The lowest BCUT2D eigenvalue weighted by molar-refractivity contribution is -0.123. The van der Waals surface area contributed by atoms with E-state index in [1.54, 1.807) is 31.2 Å². The van der Waals surface area contributed by atoms with Crippen LogP contribution in [-0.2, 0) is 16.1 Å². The van der Waals surface area contributed by atoms with Crippen LogP contribution in [0.2, 0.25) is 0 Å². The zero-order valence-corrected chi connectivity index (χ0v) is 22.7. The van der Waals surface area contributed by atoms with Crippen molar-refractivity contribution < 1.29 is 23.5 Å². The molecular weight excluding hydrogens is 533 g/mol. The van der Waals surface area contributed by atoms with Gasteiger partial charge in [-0.15, -0.1) is 0 Å². The van der Waals surface area contributed by atoms with Crippen molar-refractivity contribution in [2.24, 2.45) is 5.73 Å². The fourth-order valence-corrected chi connectivity index (χ4v) is 4.92. The molecule has 0 radical (unpaired) electrons. The predicted octanol–water partition coefficient (Wildman–Crippen LogP) is 4.11. The second-order valence-corrected chi connectivity index (χ2v) is 10.0. The van der Waals surface area contributed by atoms with Gasteiger partial charge in [-0.3, -0.25) is 14.4 Å². The van der Waals surface area contributed by atoms with Crippen molar-refractivity contribution >= 4 is 45.6 Å². The van der Waals surface area contributed by atoms with Crippen molar-refractivity contribution in [1.29, 1.82) is 0 Å². The van der Waals surface area contributed by atoms with Gasteiger partial charge in [0, 0.05) is 17.8 Å². The standard InChI is InChI=1S/C29H28FN5O4S/c1-17-4-3-5-19(14-17)15-33-24(36)16-39-23-12-6-20(7-13-23)25(37)26-27(31)34-29(40-26)35(18(2)28(32)38)22-10-8-21(30)9-11-22/h3-14,18H,15-16,31H2,1-2H3,(H2,32,38)(H,33,36). The van der Waals surface area contributed by atoms with E-state index >= 15 is 0 Å². The van der Waals surface area contributed by atoms with Crippen LogP contribution >= 0.6 is 11.3 Å². The average Bonchev–Trinajstić information content (AvgIpc) is 3.32. The normalized spacial score (nSPS) is 11.5. The molecule has 1 atom stereocenters. The number of aryl methyl sites for hydroxylation is 1. The van der Waals surface area contributed by atoms with Crippen molar-refractivity contribution in [3.63, 3.8) is 0 Å². The minimum Gasteiger partial charge on any atom is -0.484 e. The lowest BCUT2D eigenvalue weighted by Crippen LogP contribution is -2.39. The summed E-state index contributed by atoms with van der Waals surface area (Å²) >= 11 is 0.993. The van der Waals surface area contributed by atoms with Crippen LogP contribution < -0.4 is 26.4 Å². The van der Waals surface area contributed by atoms with Gasteiger partial charge in [-0.1, -0.05) is 41.2 Å². The number of carbonyl (C=O) groups is 3. The number of anilines is 3. The number of hydrogen-bond acceptors (Lipinski definition) is 8. The summed E-state index contributed by atoms with van der Waals surface area (Å²) in [7, 11) is 0. The zero-order chi connectivity index (χ0) is 28.8. The molecule has 206 valence electrons. The fourth-order valence-electron chi connectivity index (χ4n) is 3.87. The number of aromatic nitrogens is 1. The number of hydrogen-bond donors (Lipinski definition) is 3. The Balaban J connectivity index is 1.42. The van der Waals surface area contributed by atoms with E-state index in [9.17, 15) is 18.8 Å². The summed E-state index contributed by atoms with van der Waals surface area (Å²) in [6, 6.07) is 18.7. The molecule has 1 aromatic heterocycles. The summed E-state index contributed by atoms with van der Waals surface area (Å²) in [5, 5.41) is 3.07. The highest BCUT2D eigenvalue weighted by Crippen LogP contribution is 2.36. The number of benzene rings is 3. The molecule has 0 fully saturated rings. The fraction of sp³-hybridized carbons (Fsp3) is 0.172. The number of ether oxygens (including phenoxy) is 1. The number of ketones is 1. The molecule has 0 saturated carbocycles. The van der Waals surface area contributed by atoms with Gasteiger partial charge in [0.2, 0.25) is 11.7 Å². The van der Waals surface area contributed by atoms with Crippen molar-refractivity contribution in [1.82, 2.24) is 10.3 Å². The first-order chi connectivity index (χ1) is 19.1. The maximum absolute atomic E-state index is 13.5. The summed E-state index contributed by atoms with van der Waals surface area (Å²) in [4.78, 5) is 43.4. The number of primary amides is 1. The average molecular weight is 562 g/mol. The van der Waals surface area contributed by atoms with Crippen LogP contribution in [0.3, 0.4) is 0 Å². The molecule has 0 bridgehead atoms. The quantitative estimate of drug-likeness (QED) is 0.234. The van der Waals surface area contributed by atoms with Gasteiger partial charge in [0.15, 0.2) is 11.7 Å². The van der Waals surface area contributed by atoms with Gasteiger partial charge in [-0.25, -0.2) is 9.37 Å². The Bertz CT molecular complexity index is 1520. The van der Waals surface area contributed by atoms with Crippen molar-refractivity contribution in [3.05, 3.63) is 100 Å². The molecule has 0 aliphatic rings.